The molecule has 0 heterocycles. The fraction of sp³-hybridized carbons (Fsp3) is 0.400. The first-order valence-electron chi connectivity index (χ1n) is 3.47. The van der Waals surface area contributed by atoms with Crippen LogP contribution in [0.3, 0.4) is 0 Å². The maximum Gasteiger partial charge on any atom is 0.0381 e. The Hall–Kier alpha value is -1.14. The zero-order valence-electron chi connectivity index (χ0n) is 5.88. The molecular formula is C10H10. The molecule has 0 heteroatoms. The van der Waals surface area contributed by atoms with Crippen molar-refractivity contribution >= 4 is 0 Å². The SMILES string of the molecule is C#C[C@H]1C=C[C@H](C#C)CC1. The van der Waals surface area contributed by atoms with Crippen LogP contribution in [-0.2, 0) is 0 Å². The lowest BCUT2D eigenvalue weighted by Gasteiger charge is -2.14. The number of hydrogen-bond donors (Lipinski definition) is 0. The van der Waals surface area contributed by atoms with Crippen molar-refractivity contribution in [2.75, 3.05) is 0 Å². The van der Waals surface area contributed by atoms with Crippen molar-refractivity contribution < 1.29 is 0 Å². The molecular weight excluding hydrogens is 120 g/mol. The molecule has 0 radical (unpaired) electrons. The Balaban J connectivity index is 2.56. The highest BCUT2D eigenvalue weighted by molar-refractivity contribution is 5.15. The van der Waals surface area contributed by atoms with Gasteiger partial charge in [-0.25, -0.2) is 0 Å². The molecule has 0 saturated heterocycles. The van der Waals surface area contributed by atoms with E-state index in [1.54, 1.807) is 0 Å². The minimum atomic E-state index is 0.324. The highest BCUT2D eigenvalue weighted by Gasteiger charge is 2.10. The predicted molar refractivity (Wildman–Crippen MR) is 43.0 cm³/mol. The quantitative estimate of drug-likeness (QED) is 0.346. The van der Waals surface area contributed by atoms with Gasteiger partial charge in [-0.15, -0.1) is 12.8 Å². The Morgan fingerprint density at radius 3 is 1.60 bits per heavy atom. The van der Waals surface area contributed by atoms with Crippen LogP contribution in [0.4, 0.5) is 0 Å². The van der Waals surface area contributed by atoms with Crippen LogP contribution >= 0.6 is 0 Å². The van der Waals surface area contributed by atoms with E-state index < -0.39 is 0 Å². The fourth-order valence-corrected chi connectivity index (χ4v) is 1.10. The Labute approximate surface area is 62.3 Å². The van der Waals surface area contributed by atoms with Crippen LogP contribution in [0.15, 0.2) is 12.2 Å². The standard InChI is InChI=1S/C10H10/c1-3-9-5-7-10(4-2)8-6-9/h1-2,5,7,9-10H,6,8H2/t9-,10-/m0/s1. The largest absolute Gasteiger partial charge is 0.119 e. The number of terminal acetylenes is 2. The summed E-state index contributed by atoms with van der Waals surface area (Å²) < 4.78 is 0. The molecule has 1 rings (SSSR count). The molecule has 0 nitrogen and oxygen atoms in total. The average molecular weight is 130 g/mol. The first kappa shape index (κ1) is 6.97. The van der Waals surface area contributed by atoms with Gasteiger partial charge in [-0.3, -0.25) is 0 Å². The Morgan fingerprint density at radius 1 is 1.00 bits per heavy atom. The van der Waals surface area contributed by atoms with Crippen molar-refractivity contribution in [1.82, 2.24) is 0 Å². The summed E-state index contributed by atoms with van der Waals surface area (Å²) in [5.41, 5.74) is 0. The molecule has 0 aromatic heterocycles. The summed E-state index contributed by atoms with van der Waals surface area (Å²) in [7, 11) is 0. The molecule has 0 fully saturated rings. The van der Waals surface area contributed by atoms with Gasteiger partial charge < -0.3 is 0 Å². The number of hydrogen-bond acceptors (Lipinski definition) is 0. The highest BCUT2D eigenvalue weighted by atomic mass is 14.1. The number of allylic oxidation sites excluding steroid dienone is 2. The third kappa shape index (κ3) is 1.42. The summed E-state index contributed by atoms with van der Waals surface area (Å²) in [6.07, 6.45) is 16.6. The second-order valence-corrected chi connectivity index (χ2v) is 2.51. The van der Waals surface area contributed by atoms with Crippen LogP contribution in [0.2, 0.25) is 0 Å². The van der Waals surface area contributed by atoms with Gasteiger partial charge in [-0.1, -0.05) is 24.0 Å². The maximum atomic E-state index is 5.24. The third-order valence-electron chi connectivity index (χ3n) is 1.79. The Morgan fingerprint density at radius 2 is 1.40 bits per heavy atom. The predicted octanol–water partition coefficient (Wildman–Crippen LogP) is 1.84. The van der Waals surface area contributed by atoms with Crippen molar-refractivity contribution in [2.24, 2.45) is 11.8 Å². The first-order valence-corrected chi connectivity index (χ1v) is 3.47. The zero-order chi connectivity index (χ0) is 7.40. The first-order chi connectivity index (χ1) is 4.86. The zero-order valence-corrected chi connectivity index (χ0v) is 5.88. The molecule has 50 valence electrons. The molecule has 2 atom stereocenters. The lowest BCUT2D eigenvalue weighted by atomic mass is 9.90. The van der Waals surface area contributed by atoms with Gasteiger partial charge in [0.25, 0.3) is 0 Å². The molecule has 0 aliphatic heterocycles. The van der Waals surface area contributed by atoms with Crippen LogP contribution in [-0.4, -0.2) is 0 Å². The van der Waals surface area contributed by atoms with E-state index in [4.69, 9.17) is 12.8 Å². The van der Waals surface area contributed by atoms with Crippen LogP contribution in [0.25, 0.3) is 0 Å². The normalized spacial score (nSPS) is 30.6. The molecule has 0 unspecified atom stereocenters. The molecule has 0 N–H and O–H groups in total. The van der Waals surface area contributed by atoms with E-state index >= 15 is 0 Å². The topological polar surface area (TPSA) is 0 Å². The van der Waals surface area contributed by atoms with E-state index in [1.165, 1.54) is 0 Å². The molecule has 0 saturated carbocycles. The van der Waals surface area contributed by atoms with Gasteiger partial charge in [0.05, 0.1) is 0 Å². The fourth-order valence-electron chi connectivity index (χ4n) is 1.10. The maximum absolute atomic E-state index is 5.24. The Kier molecular flexibility index (Phi) is 2.19. The van der Waals surface area contributed by atoms with Gasteiger partial charge in [0.1, 0.15) is 0 Å². The van der Waals surface area contributed by atoms with Gasteiger partial charge in [0.2, 0.25) is 0 Å². The third-order valence-corrected chi connectivity index (χ3v) is 1.79. The Bertz CT molecular complexity index is 185. The van der Waals surface area contributed by atoms with Crippen LogP contribution in [0.5, 0.6) is 0 Å². The molecule has 10 heavy (non-hydrogen) atoms. The van der Waals surface area contributed by atoms with Gasteiger partial charge in [0, 0.05) is 11.8 Å². The van der Waals surface area contributed by atoms with Crippen molar-refractivity contribution in [3.8, 4) is 24.7 Å². The summed E-state index contributed by atoms with van der Waals surface area (Å²) in [6.45, 7) is 0. The minimum Gasteiger partial charge on any atom is -0.119 e. The summed E-state index contributed by atoms with van der Waals surface area (Å²) in [5.74, 6) is 6.03. The van der Waals surface area contributed by atoms with E-state index in [1.807, 2.05) is 12.2 Å². The lowest BCUT2D eigenvalue weighted by Crippen LogP contribution is -2.04. The van der Waals surface area contributed by atoms with Crippen LogP contribution in [0.1, 0.15) is 12.8 Å². The molecule has 0 bridgehead atoms. The van der Waals surface area contributed by atoms with E-state index in [2.05, 4.69) is 11.8 Å². The van der Waals surface area contributed by atoms with E-state index in [9.17, 15) is 0 Å². The molecule has 0 spiro atoms. The van der Waals surface area contributed by atoms with Crippen molar-refractivity contribution in [3.63, 3.8) is 0 Å². The van der Waals surface area contributed by atoms with Crippen molar-refractivity contribution in [3.05, 3.63) is 12.2 Å². The van der Waals surface area contributed by atoms with Gasteiger partial charge in [0.15, 0.2) is 0 Å². The van der Waals surface area contributed by atoms with Crippen molar-refractivity contribution in [1.29, 1.82) is 0 Å². The number of rotatable bonds is 0. The monoisotopic (exact) mass is 130 g/mol. The lowest BCUT2D eigenvalue weighted by molar-refractivity contribution is 0.584. The summed E-state index contributed by atoms with van der Waals surface area (Å²) in [6, 6.07) is 0. The summed E-state index contributed by atoms with van der Waals surface area (Å²) in [5, 5.41) is 0. The minimum absolute atomic E-state index is 0.324. The molecule has 1 aliphatic carbocycles. The van der Waals surface area contributed by atoms with Gasteiger partial charge >= 0.3 is 0 Å². The molecule has 1 aliphatic rings. The van der Waals surface area contributed by atoms with Gasteiger partial charge in [-0.2, -0.15) is 0 Å². The highest BCUT2D eigenvalue weighted by Crippen LogP contribution is 2.20. The second-order valence-electron chi connectivity index (χ2n) is 2.51. The van der Waals surface area contributed by atoms with Crippen LogP contribution in [0, 0.1) is 36.5 Å². The van der Waals surface area contributed by atoms with Gasteiger partial charge in [-0.05, 0) is 12.8 Å². The molecule has 0 aromatic carbocycles. The molecule has 0 amide bonds. The smallest absolute Gasteiger partial charge is 0.0381 e. The van der Waals surface area contributed by atoms with Crippen molar-refractivity contribution in [2.45, 2.75) is 12.8 Å². The van der Waals surface area contributed by atoms with E-state index in [0.29, 0.717) is 11.8 Å². The summed E-state index contributed by atoms with van der Waals surface area (Å²) in [4.78, 5) is 0. The second kappa shape index (κ2) is 3.14. The van der Waals surface area contributed by atoms with E-state index in [-0.39, 0.29) is 0 Å². The average Bonchev–Trinajstić information content (AvgIpc) is 2.05. The summed E-state index contributed by atoms with van der Waals surface area (Å²) >= 11 is 0. The van der Waals surface area contributed by atoms with Crippen LogP contribution < -0.4 is 0 Å². The molecule has 0 aromatic rings. The van der Waals surface area contributed by atoms with E-state index in [0.717, 1.165) is 12.8 Å².